The van der Waals surface area contributed by atoms with Crippen molar-refractivity contribution >= 4 is 31.9 Å². The molecular weight excluding hydrogens is 286 g/mol. The Bertz CT molecular complexity index is 449. The fraction of sp³-hybridized carbons (Fsp3) is 0.429. The topological polar surface area (TPSA) is 81.2 Å². The van der Waals surface area contributed by atoms with Crippen molar-refractivity contribution in [3.8, 4) is 5.88 Å². The molecule has 8 heteroatoms. The summed E-state index contributed by atoms with van der Waals surface area (Å²) in [6.45, 7) is 1.72. The molecule has 84 valence electrons. The lowest BCUT2D eigenvalue weighted by Gasteiger charge is -2.06. The summed E-state index contributed by atoms with van der Waals surface area (Å²) in [6, 6.07) is 1.60. The standard InChI is InChI=1S/C7H10BrN3O3S/c1-5-3-6(14-2)10-7(9-5)11-15(12,13)4-8/h3H,4H2,1-2H3,(H,9,10,11). The summed E-state index contributed by atoms with van der Waals surface area (Å²) in [6.07, 6.45) is 0. The van der Waals surface area contributed by atoms with Gasteiger partial charge >= 0.3 is 0 Å². The fourth-order valence-electron chi connectivity index (χ4n) is 0.856. The number of hydrogen-bond acceptors (Lipinski definition) is 5. The lowest BCUT2D eigenvalue weighted by molar-refractivity contribution is 0.397. The fourth-order valence-corrected chi connectivity index (χ4v) is 1.62. The molecule has 1 heterocycles. The number of alkyl halides is 1. The maximum atomic E-state index is 11.2. The molecule has 1 rings (SSSR count). The molecular formula is C7H10BrN3O3S. The molecule has 0 radical (unpaired) electrons. The Kier molecular flexibility index (Phi) is 3.86. The van der Waals surface area contributed by atoms with E-state index in [9.17, 15) is 8.42 Å². The second-order valence-corrected chi connectivity index (χ2v) is 5.73. The maximum absolute atomic E-state index is 11.2. The van der Waals surface area contributed by atoms with Gasteiger partial charge in [0.2, 0.25) is 21.9 Å². The van der Waals surface area contributed by atoms with Crippen LogP contribution in [0.2, 0.25) is 0 Å². The van der Waals surface area contributed by atoms with Gasteiger partial charge in [-0.3, -0.25) is 4.72 Å². The first-order chi connectivity index (χ1) is 6.96. The van der Waals surface area contributed by atoms with Crippen LogP contribution in [0.15, 0.2) is 6.07 Å². The lowest BCUT2D eigenvalue weighted by Crippen LogP contribution is -2.15. The van der Waals surface area contributed by atoms with E-state index in [-0.39, 0.29) is 10.6 Å². The molecule has 0 atom stereocenters. The van der Waals surface area contributed by atoms with Crippen LogP contribution in [0.1, 0.15) is 5.69 Å². The Morgan fingerprint density at radius 2 is 2.20 bits per heavy atom. The zero-order valence-corrected chi connectivity index (χ0v) is 10.6. The summed E-state index contributed by atoms with van der Waals surface area (Å²) in [5.74, 6) is 0.320. The molecule has 0 unspecified atom stereocenters. The predicted octanol–water partition coefficient (Wildman–Crippen LogP) is 0.888. The van der Waals surface area contributed by atoms with Crippen molar-refractivity contribution in [2.45, 2.75) is 6.92 Å². The number of nitrogens with one attached hydrogen (secondary N) is 1. The maximum Gasteiger partial charge on any atom is 0.245 e. The molecule has 0 aliphatic carbocycles. The zero-order valence-electron chi connectivity index (χ0n) is 8.19. The summed E-state index contributed by atoms with van der Waals surface area (Å²) < 4.78 is 29.3. The molecule has 0 aliphatic rings. The molecule has 0 aliphatic heterocycles. The Morgan fingerprint density at radius 3 is 2.73 bits per heavy atom. The lowest BCUT2D eigenvalue weighted by atomic mass is 10.4. The molecule has 0 aromatic carbocycles. The summed E-state index contributed by atoms with van der Waals surface area (Å²) in [5.41, 5.74) is 0.620. The van der Waals surface area contributed by atoms with Gasteiger partial charge < -0.3 is 4.74 Å². The number of aromatic nitrogens is 2. The van der Waals surface area contributed by atoms with Crippen molar-refractivity contribution < 1.29 is 13.2 Å². The minimum atomic E-state index is -3.43. The highest BCUT2D eigenvalue weighted by Gasteiger charge is 2.11. The van der Waals surface area contributed by atoms with Crippen molar-refractivity contribution in [2.75, 3.05) is 16.5 Å². The molecule has 0 bridgehead atoms. The third-order valence-corrected chi connectivity index (χ3v) is 4.02. The molecule has 0 saturated heterocycles. The summed E-state index contributed by atoms with van der Waals surface area (Å²) >= 11 is 2.85. The van der Waals surface area contributed by atoms with E-state index in [1.807, 2.05) is 0 Å². The minimum Gasteiger partial charge on any atom is -0.481 e. The number of anilines is 1. The van der Waals surface area contributed by atoms with Crippen molar-refractivity contribution in [3.63, 3.8) is 0 Å². The first-order valence-electron chi connectivity index (χ1n) is 3.93. The SMILES string of the molecule is COc1cc(C)nc(NS(=O)(=O)CBr)n1. The molecule has 0 fully saturated rings. The van der Waals surface area contributed by atoms with Crippen LogP contribution < -0.4 is 9.46 Å². The Labute approximate surface area is 96.3 Å². The number of halogens is 1. The average molecular weight is 296 g/mol. The molecule has 6 nitrogen and oxygen atoms in total. The highest BCUT2D eigenvalue weighted by molar-refractivity contribution is 9.10. The number of aryl methyl sites for hydroxylation is 1. The highest BCUT2D eigenvalue weighted by Crippen LogP contribution is 2.12. The highest BCUT2D eigenvalue weighted by atomic mass is 79.9. The van der Waals surface area contributed by atoms with E-state index in [0.29, 0.717) is 11.6 Å². The number of sulfonamides is 1. The van der Waals surface area contributed by atoms with Crippen LogP contribution in [0.4, 0.5) is 5.95 Å². The van der Waals surface area contributed by atoms with Crippen LogP contribution in [-0.2, 0) is 10.0 Å². The third-order valence-electron chi connectivity index (χ3n) is 1.43. The zero-order chi connectivity index (χ0) is 11.5. The van der Waals surface area contributed by atoms with Gasteiger partial charge in [-0.15, -0.1) is 0 Å². The predicted molar refractivity (Wildman–Crippen MR) is 59.7 cm³/mol. The smallest absolute Gasteiger partial charge is 0.245 e. The van der Waals surface area contributed by atoms with E-state index in [4.69, 9.17) is 4.74 Å². The van der Waals surface area contributed by atoms with Gasteiger partial charge in [-0.1, -0.05) is 15.9 Å². The van der Waals surface area contributed by atoms with Gasteiger partial charge in [0.15, 0.2) is 0 Å². The van der Waals surface area contributed by atoms with Crippen molar-refractivity contribution in [1.82, 2.24) is 9.97 Å². The van der Waals surface area contributed by atoms with Crippen molar-refractivity contribution in [2.24, 2.45) is 0 Å². The minimum absolute atomic E-state index is 0.00583. The second-order valence-electron chi connectivity index (χ2n) is 2.70. The van der Waals surface area contributed by atoms with E-state index in [0.717, 1.165) is 0 Å². The summed E-state index contributed by atoms with van der Waals surface area (Å²) in [4.78, 5) is 7.75. The van der Waals surface area contributed by atoms with Gasteiger partial charge in [0.1, 0.15) is 4.66 Å². The number of methoxy groups -OCH3 is 1. The first-order valence-corrected chi connectivity index (χ1v) is 6.70. The van der Waals surface area contributed by atoms with E-state index < -0.39 is 10.0 Å². The van der Waals surface area contributed by atoms with Gasteiger partial charge in [0, 0.05) is 11.8 Å². The van der Waals surface area contributed by atoms with Crippen LogP contribution in [-0.4, -0.2) is 30.2 Å². The number of nitrogens with zero attached hydrogens (tertiary/aromatic N) is 2. The second kappa shape index (κ2) is 4.75. The first kappa shape index (κ1) is 12.2. The molecule has 1 aromatic heterocycles. The van der Waals surface area contributed by atoms with Gasteiger partial charge in [-0.25, -0.2) is 13.4 Å². The van der Waals surface area contributed by atoms with E-state index in [1.54, 1.807) is 13.0 Å². The number of rotatable bonds is 4. The Balaban J connectivity index is 3.00. The van der Waals surface area contributed by atoms with E-state index in [2.05, 4.69) is 30.6 Å². The Morgan fingerprint density at radius 1 is 1.53 bits per heavy atom. The number of hydrogen-bond donors (Lipinski definition) is 1. The van der Waals surface area contributed by atoms with Gasteiger partial charge in [-0.2, -0.15) is 4.98 Å². The van der Waals surface area contributed by atoms with Gasteiger partial charge in [-0.05, 0) is 6.92 Å². The molecule has 0 amide bonds. The van der Waals surface area contributed by atoms with Crippen LogP contribution >= 0.6 is 15.9 Å². The quantitative estimate of drug-likeness (QED) is 0.834. The molecule has 15 heavy (non-hydrogen) atoms. The largest absolute Gasteiger partial charge is 0.481 e. The van der Waals surface area contributed by atoms with E-state index >= 15 is 0 Å². The molecule has 0 saturated carbocycles. The van der Waals surface area contributed by atoms with Crippen LogP contribution in [0, 0.1) is 6.92 Å². The Hall–Kier alpha value is -0.890. The van der Waals surface area contributed by atoms with Crippen LogP contribution in [0.3, 0.4) is 0 Å². The number of ether oxygens (including phenoxy) is 1. The van der Waals surface area contributed by atoms with Crippen molar-refractivity contribution in [3.05, 3.63) is 11.8 Å². The van der Waals surface area contributed by atoms with Gasteiger partial charge in [0.25, 0.3) is 0 Å². The van der Waals surface area contributed by atoms with E-state index in [1.165, 1.54) is 7.11 Å². The van der Waals surface area contributed by atoms with Crippen LogP contribution in [0.5, 0.6) is 5.88 Å². The monoisotopic (exact) mass is 295 g/mol. The molecule has 1 aromatic rings. The summed E-state index contributed by atoms with van der Waals surface area (Å²) in [7, 11) is -1.98. The molecule has 0 spiro atoms. The van der Waals surface area contributed by atoms with Crippen LogP contribution in [0.25, 0.3) is 0 Å². The third kappa shape index (κ3) is 3.63. The normalized spacial score (nSPS) is 11.1. The average Bonchev–Trinajstić information content (AvgIpc) is 2.16. The summed E-state index contributed by atoms with van der Waals surface area (Å²) in [5, 5.41) is 0. The molecule has 1 N–H and O–H groups in total. The van der Waals surface area contributed by atoms with Gasteiger partial charge in [0.05, 0.1) is 7.11 Å². The van der Waals surface area contributed by atoms with Crippen molar-refractivity contribution in [1.29, 1.82) is 0 Å².